The first-order valence-corrected chi connectivity index (χ1v) is 8.38. The summed E-state index contributed by atoms with van der Waals surface area (Å²) in [7, 11) is 1.50. The van der Waals surface area contributed by atoms with E-state index in [0.717, 1.165) is 0 Å². The van der Waals surface area contributed by atoms with Gasteiger partial charge in [0.05, 0.1) is 22.3 Å². The molecule has 2 rings (SSSR count). The lowest BCUT2D eigenvalue weighted by Crippen LogP contribution is -2.42. The van der Waals surface area contributed by atoms with E-state index in [1.54, 1.807) is 31.2 Å². The highest BCUT2D eigenvalue weighted by molar-refractivity contribution is 6.39. The number of methoxy groups -OCH3 is 1. The van der Waals surface area contributed by atoms with Gasteiger partial charge in [0.25, 0.3) is 0 Å². The van der Waals surface area contributed by atoms with Crippen LogP contribution in [0, 0.1) is 6.92 Å². The van der Waals surface area contributed by atoms with E-state index in [1.165, 1.54) is 12.0 Å². The second-order valence-corrected chi connectivity index (χ2v) is 6.13. The fourth-order valence-corrected chi connectivity index (χ4v) is 2.53. The van der Waals surface area contributed by atoms with E-state index >= 15 is 0 Å². The molecule has 1 aromatic heterocycles. The van der Waals surface area contributed by atoms with Crippen LogP contribution in [0.2, 0.25) is 10.0 Å². The molecule has 3 amide bonds. The van der Waals surface area contributed by atoms with Crippen molar-refractivity contribution in [1.82, 2.24) is 10.1 Å². The number of amides is 3. The van der Waals surface area contributed by atoms with Gasteiger partial charge in [0.15, 0.2) is 5.82 Å². The third kappa shape index (κ3) is 5.62. The number of nitrogens with one attached hydrogen (secondary N) is 2. The second-order valence-electron chi connectivity index (χ2n) is 5.31. The van der Waals surface area contributed by atoms with Crippen molar-refractivity contribution in [3.05, 3.63) is 40.1 Å². The van der Waals surface area contributed by atoms with Crippen molar-refractivity contribution in [2.75, 3.05) is 37.4 Å². The molecule has 0 spiro atoms. The SMILES string of the molecule is COCCN(CC(=O)Nc1cc(C)on1)C(=O)Nc1c(Cl)cccc1Cl. The van der Waals surface area contributed by atoms with Gasteiger partial charge in [-0.3, -0.25) is 4.79 Å². The summed E-state index contributed by atoms with van der Waals surface area (Å²) in [6, 6.07) is 5.89. The summed E-state index contributed by atoms with van der Waals surface area (Å²) in [6.07, 6.45) is 0. The molecule has 0 atom stereocenters. The minimum absolute atomic E-state index is 0.190. The van der Waals surface area contributed by atoms with Crippen LogP contribution >= 0.6 is 23.2 Å². The number of halogens is 2. The summed E-state index contributed by atoms with van der Waals surface area (Å²) in [5.41, 5.74) is 0.274. The summed E-state index contributed by atoms with van der Waals surface area (Å²) in [6.45, 7) is 1.92. The van der Waals surface area contributed by atoms with E-state index < -0.39 is 11.9 Å². The fourth-order valence-electron chi connectivity index (χ4n) is 2.04. The predicted molar refractivity (Wildman–Crippen MR) is 98.8 cm³/mol. The van der Waals surface area contributed by atoms with Crippen molar-refractivity contribution >= 4 is 46.6 Å². The Morgan fingerprint density at radius 2 is 1.96 bits per heavy atom. The number of rotatable bonds is 7. The zero-order chi connectivity index (χ0) is 19.1. The van der Waals surface area contributed by atoms with E-state index in [2.05, 4.69) is 15.8 Å². The molecule has 0 saturated heterocycles. The largest absolute Gasteiger partial charge is 0.383 e. The molecule has 2 aromatic rings. The highest BCUT2D eigenvalue weighted by atomic mass is 35.5. The van der Waals surface area contributed by atoms with Gasteiger partial charge in [-0.2, -0.15) is 0 Å². The number of ether oxygens (including phenoxy) is 1. The first kappa shape index (κ1) is 20.0. The summed E-state index contributed by atoms with van der Waals surface area (Å²) in [5.74, 6) is 0.395. The molecule has 0 unspecified atom stereocenters. The van der Waals surface area contributed by atoms with Crippen molar-refractivity contribution in [3.8, 4) is 0 Å². The Labute approximate surface area is 160 Å². The Morgan fingerprint density at radius 1 is 1.27 bits per heavy atom. The van der Waals surface area contributed by atoms with E-state index in [0.29, 0.717) is 15.8 Å². The molecule has 10 heteroatoms. The summed E-state index contributed by atoms with van der Waals surface area (Å²) >= 11 is 12.1. The number of aryl methyl sites for hydroxylation is 1. The van der Waals surface area contributed by atoms with Crippen LogP contribution in [0.3, 0.4) is 0 Å². The number of anilines is 2. The molecule has 2 N–H and O–H groups in total. The van der Waals surface area contributed by atoms with Crippen LogP contribution in [0.15, 0.2) is 28.8 Å². The zero-order valence-corrected chi connectivity index (χ0v) is 15.7. The van der Waals surface area contributed by atoms with Gasteiger partial charge in [0.2, 0.25) is 5.91 Å². The van der Waals surface area contributed by atoms with Gasteiger partial charge < -0.3 is 24.8 Å². The lowest BCUT2D eigenvalue weighted by molar-refractivity contribution is -0.116. The molecular weight excluding hydrogens is 383 g/mol. The van der Waals surface area contributed by atoms with Crippen molar-refractivity contribution in [1.29, 1.82) is 0 Å². The third-order valence-electron chi connectivity index (χ3n) is 3.28. The molecule has 0 aliphatic carbocycles. The van der Waals surface area contributed by atoms with Crippen molar-refractivity contribution in [3.63, 3.8) is 0 Å². The van der Waals surface area contributed by atoms with Gasteiger partial charge in [-0.15, -0.1) is 0 Å². The first-order chi connectivity index (χ1) is 12.4. The minimum atomic E-state index is -0.538. The molecule has 0 aliphatic heterocycles. The van der Waals surface area contributed by atoms with Gasteiger partial charge >= 0.3 is 6.03 Å². The number of urea groups is 1. The van der Waals surface area contributed by atoms with Crippen molar-refractivity contribution in [2.24, 2.45) is 0 Å². The molecule has 140 valence electrons. The Kier molecular flexibility index (Phi) is 7.26. The maximum Gasteiger partial charge on any atom is 0.322 e. The molecular formula is C16H18Cl2N4O4. The molecule has 0 bridgehead atoms. The smallest absolute Gasteiger partial charge is 0.322 e. The zero-order valence-electron chi connectivity index (χ0n) is 14.2. The van der Waals surface area contributed by atoms with Crippen LogP contribution in [0.5, 0.6) is 0 Å². The Hall–Kier alpha value is -2.29. The molecule has 1 heterocycles. The minimum Gasteiger partial charge on any atom is -0.383 e. The topological polar surface area (TPSA) is 96.7 Å². The molecule has 1 aromatic carbocycles. The predicted octanol–water partition coefficient (Wildman–Crippen LogP) is 3.41. The van der Waals surface area contributed by atoms with Crippen molar-refractivity contribution in [2.45, 2.75) is 6.92 Å². The number of carbonyl (C=O) groups excluding carboxylic acids is 2. The number of nitrogens with zero attached hydrogens (tertiary/aromatic N) is 2. The molecule has 0 saturated carbocycles. The number of carbonyl (C=O) groups is 2. The quantitative estimate of drug-likeness (QED) is 0.741. The standard InChI is InChI=1S/C16H18Cl2N4O4/c1-10-8-13(21-26-10)19-14(23)9-22(6-7-25-2)16(24)20-15-11(17)4-3-5-12(15)18/h3-5,8H,6-7,9H2,1-2H3,(H,20,24)(H,19,21,23). The van der Waals surface area contributed by atoms with Crippen LogP contribution < -0.4 is 10.6 Å². The molecule has 0 radical (unpaired) electrons. The molecule has 26 heavy (non-hydrogen) atoms. The summed E-state index contributed by atoms with van der Waals surface area (Å²) in [4.78, 5) is 26.0. The van der Waals surface area contributed by atoms with Crippen LogP contribution in [-0.4, -0.2) is 48.8 Å². The van der Waals surface area contributed by atoms with Gasteiger partial charge in [-0.05, 0) is 19.1 Å². The van der Waals surface area contributed by atoms with Crippen LogP contribution in [0.4, 0.5) is 16.3 Å². The fraction of sp³-hybridized carbons (Fsp3) is 0.312. The third-order valence-corrected chi connectivity index (χ3v) is 3.91. The molecule has 0 aliphatic rings. The number of hydrogen-bond donors (Lipinski definition) is 2. The lowest BCUT2D eigenvalue weighted by atomic mass is 10.3. The number of hydrogen-bond acceptors (Lipinski definition) is 5. The van der Waals surface area contributed by atoms with Crippen LogP contribution in [0.1, 0.15) is 5.76 Å². The number of para-hydroxylation sites is 1. The van der Waals surface area contributed by atoms with Gasteiger partial charge in [0.1, 0.15) is 12.3 Å². The van der Waals surface area contributed by atoms with Crippen LogP contribution in [-0.2, 0) is 9.53 Å². The Bertz CT molecular complexity index is 761. The lowest BCUT2D eigenvalue weighted by Gasteiger charge is -2.22. The maximum absolute atomic E-state index is 12.5. The monoisotopic (exact) mass is 400 g/mol. The highest BCUT2D eigenvalue weighted by Gasteiger charge is 2.20. The molecule has 8 nitrogen and oxygen atoms in total. The van der Waals surface area contributed by atoms with Crippen LogP contribution in [0.25, 0.3) is 0 Å². The van der Waals surface area contributed by atoms with E-state index in [4.69, 9.17) is 32.5 Å². The first-order valence-electron chi connectivity index (χ1n) is 7.62. The van der Waals surface area contributed by atoms with Crippen molar-refractivity contribution < 1.29 is 18.8 Å². The number of aromatic nitrogens is 1. The normalized spacial score (nSPS) is 10.5. The summed E-state index contributed by atoms with van der Waals surface area (Å²) in [5, 5.41) is 9.43. The van der Waals surface area contributed by atoms with Gasteiger partial charge in [-0.25, -0.2) is 4.79 Å². The maximum atomic E-state index is 12.5. The molecule has 0 fully saturated rings. The van der Waals surface area contributed by atoms with E-state index in [9.17, 15) is 9.59 Å². The number of benzene rings is 1. The average Bonchev–Trinajstić information content (AvgIpc) is 2.99. The van der Waals surface area contributed by atoms with Gasteiger partial charge in [0, 0.05) is 19.7 Å². The summed E-state index contributed by atoms with van der Waals surface area (Å²) < 4.78 is 9.87. The Morgan fingerprint density at radius 3 is 2.54 bits per heavy atom. The second kappa shape index (κ2) is 9.42. The Balaban J connectivity index is 2.05. The van der Waals surface area contributed by atoms with E-state index in [-0.39, 0.29) is 31.2 Å². The van der Waals surface area contributed by atoms with Gasteiger partial charge in [-0.1, -0.05) is 34.4 Å². The average molecular weight is 401 g/mol. The van der Waals surface area contributed by atoms with E-state index in [1.807, 2.05) is 0 Å². The highest BCUT2D eigenvalue weighted by Crippen LogP contribution is 2.29.